The van der Waals surface area contributed by atoms with Crippen LogP contribution < -0.4 is 10.6 Å². The van der Waals surface area contributed by atoms with Crippen LogP contribution in [-0.2, 0) is 0 Å². The van der Waals surface area contributed by atoms with Crippen LogP contribution in [0.25, 0.3) is 0 Å². The number of hydrogen-bond donors (Lipinski definition) is 3. The number of rotatable bonds is 8. The number of benzene rings is 1. The summed E-state index contributed by atoms with van der Waals surface area (Å²) in [6.45, 7) is 7.64. The van der Waals surface area contributed by atoms with Crippen LogP contribution in [0.5, 0.6) is 0 Å². The van der Waals surface area contributed by atoms with E-state index >= 15 is 0 Å². The van der Waals surface area contributed by atoms with E-state index in [9.17, 15) is 9.90 Å². The van der Waals surface area contributed by atoms with Gasteiger partial charge in [-0.3, -0.25) is 4.79 Å². The van der Waals surface area contributed by atoms with Crippen LogP contribution in [0.15, 0.2) is 24.3 Å². The first-order valence-electron chi connectivity index (χ1n) is 7.33. The second-order valence-electron chi connectivity index (χ2n) is 5.16. The molecule has 0 spiro atoms. The molecule has 1 aromatic rings. The summed E-state index contributed by atoms with van der Waals surface area (Å²) in [5.74, 6) is -0.0501. The van der Waals surface area contributed by atoms with Crippen LogP contribution in [0.4, 0.5) is 5.69 Å². The molecule has 0 aliphatic carbocycles. The Morgan fingerprint density at radius 3 is 2.20 bits per heavy atom. The second-order valence-corrected chi connectivity index (χ2v) is 5.16. The van der Waals surface area contributed by atoms with Gasteiger partial charge in [-0.15, -0.1) is 0 Å². The Morgan fingerprint density at radius 2 is 1.75 bits per heavy atom. The SMILES string of the molecule is CCNC(=O)c1ccc(NCC(CC)(CC)CO)cc1. The molecule has 0 atom stereocenters. The Morgan fingerprint density at radius 1 is 1.15 bits per heavy atom. The average molecular weight is 278 g/mol. The first-order chi connectivity index (χ1) is 9.60. The minimum absolute atomic E-state index is 0.0501. The molecule has 0 saturated heterocycles. The van der Waals surface area contributed by atoms with Crippen LogP contribution in [0.2, 0.25) is 0 Å². The fraction of sp³-hybridized carbons (Fsp3) is 0.562. The monoisotopic (exact) mass is 278 g/mol. The number of carbonyl (C=O) groups is 1. The number of carbonyl (C=O) groups excluding carboxylic acids is 1. The first kappa shape index (κ1) is 16.5. The normalized spacial score (nSPS) is 11.2. The molecule has 1 aromatic carbocycles. The van der Waals surface area contributed by atoms with Gasteiger partial charge in [0.15, 0.2) is 0 Å². The summed E-state index contributed by atoms with van der Waals surface area (Å²) < 4.78 is 0. The molecular formula is C16H26N2O2. The summed E-state index contributed by atoms with van der Waals surface area (Å²) in [4.78, 5) is 11.6. The molecule has 0 radical (unpaired) electrons. The molecule has 0 saturated carbocycles. The number of nitrogens with one attached hydrogen (secondary N) is 2. The highest BCUT2D eigenvalue weighted by Gasteiger charge is 2.24. The number of aliphatic hydroxyl groups is 1. The van der Waals surface area contributed by atoms with Crippen molar-refractivity contribution in [1.82, 2.24) is 5.32 Å². The lowest BCUT2D eigenvalue weighted by Crippen LogP contribution is -2.32. The van der Waals surface area contributed by atoms with Crippen molar-refractivity contribution in [3.05, 3.63) is 29.8 Å². The third-order valence-electron chi connectivity index (χ3n) is 3.99. The summed E-state index contributed by atoms with van der Waals surface area (Å²) in [5, 5.41) is 15.7. The van der Waals surface area contributed by atoms with Crippen molar-refractivity contribution >= 4 is 11.6 Å². The predicted octanol–water partition coefficient (Wildman–Crippen LogP) is 2.65. The zero-order valence-corrected chi connectivity index (χ0v) is 12.7. The Balaban J connectivity index is 2.64. The molecule has 0 unspecified atom stereocenters. The largest absolute Gasteiger partial charge is 0.396 e. The van der Waals surface area contributed by atoms with Crippen LogP contribution >= 0.6 is 0 Å². The maximum atomic E-state index is 11.6. The topological polar surface area (TPSA) is 61.4 Å². The van der Waals surface area contributed by atoms with Gasteiger partial charge in [0.25, 0.3) is 5.91 Å². The minimum Gasteiger partial charge on any atom is -0.396 e. The van der Waals surface area contributed by atoms with Gasteiger partial charge in [0.1, 0.15) is 0 Å². The Hall–Kier alpha value is -1.55. The maximum Gasteiger partial charge on any atom is 0.251 e. The van der Waals surface area contributed by atoms with Crippen molar-refractivity contribution in [2.45, 2.75) is 33.6 Å². The Kier molecular flexibility index (Phi) is 6.52. The van der Waals surface area contributed by atoms with Crippen molar-refractivity contribution in [3.63, 3.8) is 0 Å². The molecule has 0 aliphatic rings. The van der Waals surface area contributed by atoms with Crippen LogP contribution in [0, 0.1) is 5.41 Å². The van der Waals surface area contributed by atoms with Gasteiger partial charge in [0, 0.05) is 29.8 Å². The van der Waals surface area contributed by atoms with Gasteiger partial charge in [-0.2, -0.15) is 0 Å². The third-order valence-corrected chi connectivity index (χ3v) is 3.99. The second kappa shape index (κ2) is 7.90. The van der Waals surface area contributed by atoms with E-state index < -0.39 is 0 Å². The molecule has 4 heteroatoms. The summed E-state index contributed by atoms with van der Waals surface area (Å²) in [7, 11) is 0. The van der Waals surface area contributed by atoms with E-state index in [1.54, 1.807) is 0 Å². The van der Waals surface area contributed by atoms with Gasteiger partial charge in [-0.1, -0.05) is 13.8 Å². The molecule has 4 nitrogen and oxygen atoms in total. The van der Waals surface area contributed by atoms with Crippen LogP contribution in [0.3, 0.4) is 0 Å². The van der Waals surface area contributed by atoms with Crippen molar-refractivity contribution in [2.75, 3.05) is 25.0 Å². The zero-order valence-electron chi connectivity index (χ0n) is 12.7. The van der Waals surface area contributed by atoms with Gasteiger partial charge < -0.3 is 15.7 Å². The highest BCUT2D eigenvalue weighted by molar-refractivity contribution is 5.94. The first-order valence-corrected chi connectivity index (χ1v) is 7.33. The lowest BCUT2D eigenvalue weighted by atomic mass is 9.83. The third kappa shape index (κ3) is 4.23. The van der Waals surface area contributed by atoms with E-state index in [4.69, 9.17) is 0 Å². The highest BCUT2D eigenvalue weighted by atomic mass is 16.3. The van der Waals surface area contributed by atoms with E-state index in [0.29, 0.717) is 12.1 Å². The van der Waals surface area contributed by atoms with E-state index in [0.717, 1.165) is 25.1 Å². The van der Waals surface area contributed by atoms with E-state index in [1.165, 1.54) is 0 Å². The van der Waals surface area contributed by atoms with Crippen molar-refractivity contribution in [3.8, 4) is 0 Å². The molecule has 0 aromatic heterocycles. The van der Waals surface area contributed by atoms with E-state index in [2.05, 4.69) is 24.5 Å². The Bertz CT molecular complexity index is 403. The van der Waals surface area contributed by atoms with Gasteiger partial charge >= 0.3 is 0 Å². The van der Waals surface area contributed by atoms with Gasteiger partial charge in [-0.05, 0) is 44.0 Å². The summed E-state index contributed by atoms with van der Waals surface area (Å²) in [6, 6.07) is 7.42. The molecular weight excluding hydrogens is 252 g/mol. The van der Waals surface area contributed by atoms with Crippen molar-refractivity contribution < 1.29 is 9.90 Å². The average Bonchev–Trinajstić information content (AvgIpc) is 2.50. The highest BCUT2D eigenvalue weighted by Crippen LogP contribution is 2.26. The fourth-order valence-electron chi connectivity index (χ4n) is 2.07. The number of anilines is 1. The predicted molar refractivity (Wildman–Crippen MR) is 83.0 cm³/mol. The standard InChI is InChI=1S/C16H26N2O2/c1-4-16(5-2,12-19)11-18-14-9-7-13(8-10-14)15(20)17-6-3/h7-10,18-19H,4-6,11-12H2,1-3H3,(H,17,20). The van der Waals surface area contributed by atoms with Crippen molar-refractivity contribution in [1.29, 1.82) is 0 Å². The van der Waals surface area contributed by atoms with E-state index in [-0.39, 0.29) is 17.9 Å². The molecule has 1 rings (SSSR count). The van der Waals surface area contributed by atoms with Gasteiger partial charge in [0.2, 0.25) is 0 Å². The van der Waals surface area contributed by atoms with Crippen LogP contribution in [0.1, 0.15) is 44.0 Å². The molecule has 0 bridgehead atoms. The lowest BCUT2D eigenvalue weighted by molar-refractivity contribution is 0.0956. The smallest absolute Gasteiger partial charge is 0.251 e. The van der Waals surface area contributed by atoms with Crippen LogP contribution in [-0.4, -0.2) is 30.7 Å². The zero-order chi connectivity index (χ0) is 15.0. The van der Waals surface area contributed by atoms with E-state index in [1.807, 2.05) is 31.2 Å². The molecule has 0 heterocycles. The number of aliphatic hydroxyl groups excluding tert-OH is 1. The number of amides is 1. The molecule has 3 N–H and O–H groups in total. The maximum absolute atomic E-state index is 11.6. The summed E-state index contributed by atoms with van der Waals surface area (Å²) in [5.41, 5.74) is 1.56. The molecule has 0 aliphatic heterocycles. The Labute approximate surface area is 121 Å². The summed E-state index contributed by atoms with van der Waals surface area (Å²) >= 11 is 0. The van der Waals surface area contributed by atoms with Crippen molar-refractivity contribution in [2.24, 2.45) is 5.41 Å². The van der Waals surface area contributed by atoms with Gasteiger partial charge in [0.05, 0.1) is 6.61 Å². The quantitative estimate of drug-likeness (QED) is 0.685. The van der Waals surface area contributed by atoms with Gasteiger partial charge in [-0.25, -0.2) is 0 Å². The molecule has 20 heavy (non-hydrogen) atoms. The number of hydrogen-bond acceptors (Lipinski definition) is 3. The lowest BCUT2D eigenvalue weighted by Gasteiger charge is -2.30. The molecule has 112 valence electrons. The minimum atomic E-state index is -0.0712. The molecule has 1 amide bonds. The fourth-order valence-corrected chi connectivity index (χ4v) is 2.07. The summed E-state index contributed by atoms with van der Waals surface area (Å²) in [6.07, 6.45) is 1.87. The molecule has 0 fully saturated rings.